The third-order valence-electron chi connectivity index (χ3n) is 4.59. The fraction of sp³-hybridized carbons (Fsp3) is 0.368. The summed E-state index contributed by atoms with van der Waals surface area (Å²) in [5.74, 6) is -0.0463. The third-order valence-corrected chi connectivity index (χ3v) is 4.59. The molecule has 4 nitrogen and oxygen atoms in total. The molecule has 0 spiro atoms. The Bertz CT molecular complexity index is 673. The topological polar surface area (TPSA) is 54.0 Å². The summed E-state index contributed by atoms with van der Waals surface area (Å²) in [5.41, 5.74) is 2.83. The van der Waals surface area contributed by atoms with E-state index < -0.39 is 0 Å². The molecule has 136 valence electrons. The number of rotatable bonds is 4. The SMILES string of the molecule is CC1(CNC(=O)c2cncc(-c3ccccc3)c2)CCNCC1.Cl.Cl. The first-order chi connectivity index (χ1) is 11.2. The van der Waals surface area contributed by atoms with Gasteiger partial charge in [0.15, 0.2) is 0 Å². The highest BCUT2D eigenvalue weighted by molar-refractivity contribution is 5.95. The predicted molar refractivity (Wildman–Crippen MR) is 107 cm³/mol. The van der Waals surface area contributed by atoms with E-state index in [0.717, 1.165) is 37.1 Å². The number of amides is 1. The van der Waals surface area contributed by atoms with Crippen LogP contribution in [-0.2, 0) is 0 Å². The number of benzene rings is 1. The van der Waals surface area contributed by atoms with Crippen molar-refractivity contribution in [2.24, 2.45) is 5.41 Å². The molecule has 0 radical (unpaired) electrons. The summed E-state index contributed by atoms with van der Waals surface area (Å²) in [6, 6.07) is 11.9. The van der Waals surface area contributed by atoms with Crippen LogP contribution in [0.4, 0.5) is 0 Å². The molecule has 1 aliphatic heterocycles. The summed E-state index contributed by atoms with van der Waals surface area (Å²) in [4.78, 5) is 16.7. The summed E-state index contributed by atoms with van der Waals surface area (Å²) in [5, 5.41) is 6.44. The van der Waals surface area contributed by atoms with Crippen molar-refractivity contribution in [3.8, 4) is 11.1 Å². The van der Waals surface area contributed by atoms with E-state index in [2.05, 4.69) is 22.5 Å². The molecule has 2 N–H and O–H groups in total. The van der Waals surface area contributed by atoms with Gasteiger partial charge in [0.1, 0.15) is 0 Å². The summed E-state index contributed by atoms with van der Waals surface area (Å²) < 4.78 is 0. The number of hydrogen-bond donors (Lipinski definition) is 2. The van der Waals surface area contributed by atoms with Crippen molar-refractivity contribution in [2.45, 2.75) is 19.8 Å². The van der Waals surface area contributed by atoms with E-state index in [1.165, 1.54) is 0 Å². The predicted octanol–water partition coefficient (Wildman–Crippen LogP) is 3.71. The minimum Gasteiger partial charge on any atom is -0.351 e. The molecular formula is C19H25Cl2N3O. The fourth-order valence-electron chi connectivity index (χ4n) is 2.96. The molecule has 1 amide bonds. The fourth-order valence-corrected chi connectivity index (χ4v) is 2.96. The first kappa shape index (κ1) is 21.4. The van der Waals surface area contributed by atoms with Crippen LogP contribution in [-0.4, -0.2) is 30.5 Å². The van der Waals surface area contributed by atoms with Crippen molar-refractivity contribution in [1.29, 1.82) is 0 Å². The maximum Gasteiger partial charge on any atom is 0.252 e. The number of pyridine rings is 1. The largest absolute Gasteiger partial charge is 0.351 e. The molecule has 0 unspecified atom stereocenters. The summed E-state index contributed by atoms with van der Waals surface area (Å²) in [7, 11) is 0. The Morgan fingerprint density at radius 3 is 2.48 bits per heavy atom. The lowest BCUT2D eigenvalue weighted by Crippen LogP contribution is -2.42. The second-order valence-corrected chi connectivity index (χ2v) is 6.57. The van der Waals surface area contributed by atoms with Crippen LogP contribution in [0.2, 0.25) is 0 Å². The number of halogens is 2. The number of nitrogens with zero attached hydrogens (tertiary/aromatic N) is 1. The quantitative estimate of drug-likeness (QED) is 0.848. The highest BCUT2D eigenvalue weighted by Crippen LogP contribution is 2.27. The van der Waals surface area contributed by atoms with Gasteiger partial charge in [-0.15, -0.1) is 24.8 Å². The molecule has 1 aliphatic rings. The molecule has 2 aromatic rings. The van der Waals surface area contributed by atoms with E-state index in [-0.39, 0.29) is 36.1 Å². The molecule has 2 heterocycles. The molecule has 0 bridgehead atoms. The van der Waals surface area contributed by atoms with Crippen LogP contribution in [0.1, 0.15) is 30.1 Å². The smallest absolute Gasteiger partial charge is 0.252 e. The molecule has 0 atom stereocenters. The third kappa shape index (κ3) is 5.70. The lowest BCUT2D eigenvalue weighted by atomic mass is 9.81. The highest BCUT2D eigenvalue weighted by Gasteiger charge is 2.27. The zero-order valence-electron chi connectivity index (χ0n) is 14.3. The maximum absolute atomic E-state index is 12.4. The molecule has 6 heteroatoms. The van der Waals surface area contributed by atoms with Crippen LogP contribution in [0, 0.1) is 5.41 Å². The normalized spacial score (nSPS) is 15.4. The van der Waals surface area contributed by atoms with E-state index >= 15 is 0 Å². The van der Waals surface area contributed by atoms with Gasteiger partial charge in [-0.1, -0.05) is 37.3 Å². The second-order valence-electron chi connectivity index (χ2n) is 6.57. The van der Waals surface area contributed by atoms with Gasteiger partial charge in [0, 0.05) is 24.5 Å². The van der Waals surface area contributed by atoms with Crippen molar-refractivity contribution in [3.63, 3.8) is 0 Å². The summed E-state index contributed by atoms with van der Waals surface area (Å²) in [6.07, 6.45) is 5.61. The summed E-state index contributed by atoms with van der Waals surface area (Å²) >= 11 is 0. The minimum atomic E-state index is -0.0463. The molecule has 1 aromatic carbocycles. The van der Waals surface area contributed by atoms with Gasteiger partial charge < -0.3 is 10.6 Å². The highest BCUT2D eigenvalue weighted by atomic mass is 35.5. The van der Waals surface area contributed by atoms with Crippen LogP contribution in [0.3, 0.4) is 0 Å². The summed E-state index contributed by atoms with van der Waals surface area (Å²) in [6.45, 7) is 5.00. The van der Waals surface area contributed by atoms with Gasteiger partial charge in [-0.3, -0.25) is 9.78 Å². The number of aromatic nitrogens is 1. The molecular weight excluding hydrogens is 357 g/mol. The van der Waals surface area contributed by atoms with Gasteiger partial charge in [0.05, 0.1) is 5.56 Å². The number of piperidine rings is 1. The van der Waals surface area contributed by atoms with E-state index in [4.69, 9.17) is 0 Å². The van der Waals surface area contributed by atoms with Crippen LogP contribution >= 0.6 is 24.8 Å². The van der Waals surface area contributed by atoms with E-state index in [1.54, 1.807) is 12.4 Å². The molecule has 0 saturated carbocycles. The maximum atomic E-state index is 12.4. The zero-order chi connectivity index (χ0) is 16.1. The number of carbonyl (C=O) groups is 1. The molecule has 1 saturated heterocycles. The van der Waals surface area contributed by atoms with Gasteiger partial charge in [-0.25, -0.2) is 0 Å². The van der Waals surface area contributed by atoms with Crippen LogP contribution < -0.4 is 10.6 Å². The van der Waals surface area contributed by atoms with Crippen LogP contribution in [0.15, 0.2) is 48.8 Å². The van der Waals surface area contributed by atoms with E-state index in [1.807, 2.05) is 36.4 Å². The van der Waals surface area contributed by atoms with Crippen LogP contribution in [0.25, 0.3) is 11.1 Å². The lowest BCUT2D eigenvalue weighted by molar-refractivity contribution is 0.0922. The Balaban J connectivity index is 0.00000156. The number of nitrogens with one attached hydrogen (secondary N) is 2. The minimum absolute atomic E-state index is 0. The van der Waals surface area contributed by atoms with Gasteiger partial charge in [0.25, 0.3) is 5.91 Å². The standard InChI is InChI=1S/C19H23N3O.2ClH/c1-19(7-9-20-10-8-19)14-22-18(23)17-11-16(12-21-13-17)15-5-3-2-4-6-15;;/h2-6,11-13,20H,7-10,14H2,1H3,(H,22,23);2*1H. The number of hydrogen-bond acceptors (Lipinski definition) is 3. The van der Waals surface area contributed by atoms with Crippen molar-refractivity contribution >= 4 is 30.7 Å². The first-order valence-corrected chi connectivity index (χ1v) is 8.16. The van der Waals surface area contributed by atoms with Gasteiger partial charge in [-0.2, -0.15) is 0 Å². The van der Waals surface area contributed by atoms with E-state index in [0.29, 0.717) is 12.1 Å². The Hall–Kier alpha value is -1.62. The number of carbonyl (C=O) groups excluding carboxylic acids is 1. The Morgan fingerprint density at radius 1 is 1.12 bits per heavy atom. The molecule has 25 heavy (non-hydrogen) atoms. The molecule has 3 rings (SSSR count). The average Bonchev–Trinajstić information content (AvgIpc) is 2.61. The zero-order valence-corrected chi connectivity index (χ0v) is 16.0. The van der Waals surface area contributed by atoms with E-state index in [9.17, 15) is 4.79 Å². The van der Waals surface area contributed by atoms with Gasteiger partial charge in [0.2, 0.25) is 0 Å². The van der Waals surface area contributed by atoms with Crippen molar-refractivity contribution in [1.82, 2.24) is 15.6 Å². The Labute approximate surface area is 161 Å². The van der Waals surface area contributed by atoms with Gasteiger partial charge >= 0.3 is 0 Å². The van der Waals surface area contributed by atoms with Crippen molar-refractivity contribution in [2.75, 3.05) is 19.6 Å². The lowest BCUT2D eigenvalue weighted by Gasteiger charge is -2.34. The second kappa shape index (κ2) is 9.76. The van der Waals surface area contributed by atoms with Crippen molar-refractivity contribution < 1.29 is 4.79 Å². The van der Waals surface area contributed by atoms with Crippen molar-refractivity contribution in [3.05, 3.63) is 54.4 Å². The first-order valence-electron chi connectivity index (χ1n) is 8.16. The molecule has 1 fully saturated rings. The monoisotopic (exact) mass is 381 g/mol. The Kier molecular flexibility index (Phi) is 8.36. The Morgan fingerprint density at radius 2 is 1.80 bits per heavy atom. The molecule has 0 aliphatic carbocycles. The average molecular weight is 382 g/mol. The van der Waals surface area contributed by atoms with Gasteiger partial charge in [-0.05, 0) is 43.0 Å². The molecule has 1 aromatic heterocycles. The van der Waals surface area contributed by atoms with Crippen LogP contribution in [0.5, 0.6) is 0 Å².